The Bertz CT molecular complexity index is 804. The zero-order chi connectivity index (χ0) is 16.2. The van der Waals surface area contributed by atoms with Crippen LogP contribution >= 0.6 is 0 Å². The molecule has 4 rings (SSSR count). The minimum atomic E-state index is -0.660. The molecule has 1 atom stereocenters. The third-order valence-corrected chi connectivity index (χ3v) is 5.26. The van der Waals surface area contributed by atoms with Gasteiger partial charge in [0.05, 0.1) is 17.7 Å². The Labute approximate surface area is 134 Å². The Balaban J connectivity index is 1.71. The van der Waals surface area contributed by atoms with Crippen LogP contribution in [-0.2, 0) is 28.0 Å². The molecule has 2 heterocycles. The van der Waals surface area contributed by atoms with Crippen molar-refractivity contribution >= 4 is 11.8 Å². The Kier molecular flexibility index (Phi) is 2.95. The summed E-state index contributed by atoms with van der Waals surface area (Å²) in [6.07, 6.45) is 1.84. The fraction of sp³-hybridized carbons (Fsp3) is 0.389. The minimum Gasteiger partial charge on any atom is -0.361 e. The van der Waals surface area contributed by atoms with E-state index in [0.717, 1.165) is 29.7 Å². The maximum absolute atomic E-state index is 13.1. The highest BCUT2D eigenvalue weighted by Gasteiger charge is 2.55. The summed E-state index contributed by atoms with van der Waals surface area (Å²) in [6.45, 7) is 3.89. The van der Waals surface area contributed by atoms with Gasteiger partial charge in [-0.3, -0.25) is 14.5 Å². The first kappa shape index (κ1) is 14.2. The first-order valence-corrected chi connectivity index (χ1v) is 7.88. The van der Waals surface area contributed by atoms with E-state index in [2.05, 4.69) is 11.2 Å². The van der Waals surface area contributed by atoms with Crippen LogP contribution in [0.4, 0.5) is 0 Å². The number of carbonyl (C=O) groups excluding carboxylic acids is 2. The second-order valence-corrected chi connectivity index (χ2v) is 6.50. The SMILES string of the molecule is Cc1noc(C)c1CN1C(=O)C[C@@]2(CCc3ccccc32)C1=O. The van der Waals surface area contributed by atoms with E-state index in [0.29, 0.717) is 5.76 Å². The summed E-state index contributed by atoms with van der Waals surface area (Å²) in [5.74, 6) is 0.482. The van der Waals surface area contributed by atoms with Gasteiger partial charge in [-0.25, -0.2) is 0 Å². The predicted molar refractivity (Wildman–Crippen MR) is 82.6 cm³/mol. The number of fused-ring (bicyclic) bond motifs is 2. The number of nitrogens with zero attached hydrogens (tertiary/aromatic N) is 2. The Hall–Kier alpha value is -2.43. The average Bonchev–Trinajstić information content (AvgIpc) is 3.14. The van der Waals surface area contributed by atoms with Gasteiger partial charge in [0.2, 0.25) is 11.8 Å². The van der Waals surface area contributed by atoms with Crippen LogP contribution in [-0.4, -0.2) is 21.9 Å². The van der Waals surface area contributed by atoms with E-state index in [1.165, 1.54) is 10.5 Å². The van der Waals surface area contributed by atoms with E-state index in [1.54, 1.807) is 6.92 Å². The normalized spacial score (nSPS) is 23.1. The van der Waals surface area contributed by atoms with Crippen molar-refractivity contribution < 1.29 is 14.1 Å². The highest BCUT2D eigenvalue weighted by Crippen LogP contribution is 2.47. The number of hydrogen-bond acceptors (Lipinski definition) is 4. The third-order valence-electron chi connectivity index (χ3n) is 5.26. The van der Waals surface area contributed by atoms with E-state index in [4.69, 9.17) is 4.52 Å². The second-order valence-electron chi connectivity index (χ2n) is 6.50. The van der Waals surface area contributed by atoms with E-state index in [9.17, 15) is 9.59 Å². The largest absolute Gasteiger partial charge is 0.361 e. The van der Waals surface area contributed by atoms with Crippen molar-refractivity contribution in [1.82, 2.24) is 10.1 Å². The number of hydrogen-bond donors (Lipinski definition) is 0. The molecule has 2 aromatic rings. The molecule has 2 aliphatic rings. The molecule has 118 valence electrons. The van der Waals surface area contributed by atoms with Crippen LogP contribution < -0.4 is 0 Å². The molecule has 1 aliphatic heterocycles. The van der Waals surface area contributed by atoms with Crippen LogP contribution in [0.15, 0.2) is 28.8 Å². The van der Waals surface area contributed by atoms with Crippen molar-refractivity contribution in [2.45, 2.75) is 45.1 Å². The number of aromatic nitrogens is 1. The second kappa shape index (κ2) is 4.78. The maximum atomic E-state index is 13.1. The van der Waals surface area contributed by atoms with Crippen molar-refractivity contribution in [3.8, 4) is 0 Å². The zero-order valence-electron chi connectivity index (χ0n) is 13.3. The molecule has 2 amide bonds. The molecular weight excluding hydrogens is 292 g/mol. The van der Waals surface area contributed by atoms with Crippen molar-refractivity contribution in [2.24, 2.45) is 0 Å². The van der Waals surface area contributed by atoms with Gasteiger partial charge in [-0.1, -0.05) is 29.4 Å². The standard InChI is InChI=1S/C18H18N2O3/c1-11-14(12(2)23-19-11)10-20-16(21)9-18(17(20)22)8-7-13-5-3-4-6-15(13)18/h3-6H,7-10H2,1-2H3/t18-/m1/s1. The van der Waals surface area contributed by atoms with Crippen molar-refractivity contribution in [3.63, 3.8) is 0 Å². The highest BCUT2D eigenvalue weighted by atomic mass is 16.5. The van der Waals surface area contributed by atoms with E-state index >= 15 is 0 Å². The molecule has 1 spiro atoms. The summed E-state index contributed by atoms with van der Waals surface area (Å²) in [5.41, 5.74) is 3.12. The Morgan fingerprint density at radius 1 is 1.26 bits per heavy atom. The predicted octanol–water partition coefficient (Wildman–Crippen LogP) is 2.43. The molecule has 23 heavy (non-hydrogen) atoms. The molecule has 5 heteroatoms. The van der Waals surface area contributed by atoms with Gasteiger partial charge in [0.1, 0.15) is 5.76 Å². The third kappa shape index (κ3) is 1.89. The molecule has 0 N–H and O–H groups in total. The van der Waals surface area contributed by atoms with Crippen LogP contribution in [0.2, 0.25) is 0 Å². The minimum absolute atomic E-state index is 0.0764. The lowest BCUT2D eigenvalue weighted by molar-refractivity contribution is -0.140. The molecule has 1 aromatic heterocycles. The van der Waals surface area contributed by atoms with E-state index in [1.807, 2.05) is 25.1 Å². The van der Waals surface area contributed by atoms with Gasteiger partial charge in [0.25, 0.3) is 0 Å². The van der Waals surface area contributed by atoms with Gasteiger partial charge < -0.3 is 4.52 Å². The summed E-state index contributed by atoms with van der Waals surface area (Å²) >= 11 is 0. The van der Waals surface area contributed by atoms with Crippen LogP contribution in [0, 0.1) is 13.8 Å². The average molecular weight is 310 g/mol. The lowest BCUT2D eigenvalue weighted by Gasteiger charge is -2.22. The zero-order valence-corrected chi connectivity index (χ0v) is 13.3. The number of rotatable bonds is 2. The molecule has 1 fully saturated rings. The fourth-order valence-electron chi connectivity index (χ4n) is 3.94. The molecule has 1 aromatic carbocycles. The van der Waals surface area contributed by atoms with Crippen molar-refractivity contribution in [3.05, 3.63) is 52.4 Å². The number of aryl methyl sites for hydroxylation is 3. The number of carbonyl (C=O) groups is 2. The van der Waals surface area contributed by atoms with Gasteiger partial charge in [0, 0.05) is 12.0 Å². The summed E-state index contributed by atoms with van der Waals surface area (Å²) in [5, 5.41) is 3.91. The number of likely N-dealkylation sites (tertiary alicyclic amines) is 1. The van der Waals surface area contributed by atoms with Gasteiger partial charge in [-0.05, 0) is 37.8 Å². The van der Waals surface area contributed by atoms with Crippen LogP contribution in [0.25, 0.3) is 0 Å². The Morgan fingerprint density at radius 3 is 2.78 bits per heavy atom. The number of benzene rings is 1. The van der Waals surface area contributed by atoms with Crippen LogP contribution in [0.5, 0.6) is 0 Å². The van der Waals surface area contributed by atoms with Gasteiger partial charge in [-0.2, -0.15) is 0 Å². The maximum Gasteiger partial charge on any atom is 0.240 e. The van der Waals surface area contributed by atoms with E-state index < -0.39 is 5.41 Å². The van der Waals surface area contributed by atoms with Crippen molar-refractivity contribution in [2.75, 3.05) is 0 Å². The molecule has 0 bridgehead atoms. The monoisotopic (exact) mass is 310 g/mol. The fourth-order valence-corrected chi connectivity index (χ4v) is 3.94. The Morgan fingerprint density at radius 2 is 2.04 bits per heavy atom. The topological polar surface area (TPSA) is 63.4 Å². The first-order valence-electron chi connectivity index (χ1n) is 7.88. The summed E-state index contributed by atoms with van der Waals surface area (Å²) < 4.78 is 5.15. The molecule has 5 nitrogen and oxygen atoms in total. The van der Waals surface area contributed by atoms with Crippen LogP contribution in [0.3, 0.4) is 0 Å². The summed E-state index contributed by atoms with van der Waals surface area (Å²) in [6, 6.07) is 7.98. The number of amides is 2. The number of imide groups is 1. The van der Waals surface area contributed by atoms with Gasteiger partial charge in [-0.15, -0.1) is 0 Å². The quantitative estimate of drug-likeness (QED) is 0.799. The van der Waals surface area contributed by atoms with E-state index in [-0.39, 0.29) is 24.8 Å². The van der Waals surface area contributed by atoms with Crippen LogP contribution in [0.1, 0.15) is 41.0 Å². The lowest BCUT2D eigenvalue weighted by Crippen LogP contribution is -2.37. The van der Waals surface area contributed by atoms with Crippen molar-refractivity contribution in [1.29, 1.82) is 0 Å². The summed E-state index contributed by atoms with van der Waals surface area (Å²) in [7, 11) is 0. The van der Waals surface area contributed by atoms with Gasteiger partial charge >= 0.3 is 0 Å². The molecule has 1 saturated heterocycles. The van der Waals surface area contributed by atoms with Gasteiger partial charge in [0.15, 0.2) is 0 Å². The highest BCUT2D eigenvalue weighted by molar-refractivity contribution is 6.09. The summed E-state index contributed by atoms with van der Waals surface area (Å²) in [4.78, 5) is 27.0. The molecule has 1 aliphatic carbocycles. The lowest BCUT2D eigenvalue weighted by atomic mass is 9.80. The molecular formula is C18H18N2O3. The smallest absolute Gasteiger partial charge is 0.240 e. The molecule has 0 saturated carbocycles. The molecule has 0 unspecified atom stereocenters. The first-order chi connectivity index (χ1) is 11.0. The molecule has 0 radical (unpaired) electrons.